The van der Waals surface area contributed by atoms with Gasteiger partial charge in [0.25, 0.3) is 0 Å². The van der Waals surface area contributed by atoms with Gasteiger partial charge >= 0.3 is 0 Å². The van der Waals surface area contributed by atoms with Crippen LogP contribution in [0.5, 0.6) is 0 Å². The maximum Gasteiger partial charge on any atom is 0.145 e. The number of hydrogen-bond acceptors (Lipinski definition) is 6. The fourth-order valence-electron chi connectivity index (χ4n) is 1.60. The first-order valence-corrected chi connectivity index (χ1v) is 7.58. The van der Waals surface area contributed by atoms with Crippen LogP contribution in [0.4, 0.5) is 11.6 Å². The average molecular weight is 269 g/mol. The Balaban J connectivity index is 2.86. The summed E-state index contributed by atoms with van der Waals surface area (Å²) in [4.78, 5) is 11.0. The molecule has 6 heteroatoms. The highest BCUT2D eigenvalue weighted by Crippen LogP contribution is 2.18. The summed E-state index contributed by atoms with van der Waals surface area (Å²) in [5.74, 6) is 8.99. The third kappa shape index (κ3) is 4.03. The lowest BCUT2D eigenvalue weighted by Crippen LogP contribution is -2.30. The van der Waals surface area contributed by atoms with E-state index in [0.29, 0.717) is 11.9 Å². The Kier molecular flexibility index (Phi) is 6.21. The molecule has 1 rings (SSSR count). The van der Waals surface area contributed by atoms with Crippen LogP contribution >= 0.6 is 11.8 Å². The number of nitrogen functional groups attached to an aromatic ring is 1. The van der Waals surface area contributed by atoms with E-state index in [4.69, 9.17) is 5.84 Å². The zero-order valence-electron chi connectivity index (χ0n) is 11.6. The van der Waals surface area contributed by atoms with Gasteiger partial charge in [-0.05, 0) is 25.4 Å². The highest BCUT2D eigenvalue weighted by molar-refractivity contribution is 7.98. The topological polar surface area (TPSA) is 67.1 Å². The van der Waals surface area contributed by atoms with Gasteiger partial charge in [0.15, 0.2) is 0 Å². The molecule has 1 aromatic heterocycles. The molecule has 1 aromatic rings. The number of nitrogens with zero attached hydrogens (tertiary/aromatic N) is 3. The zero-order valence-corrected chi connectivity index (χ0v) is 12.4. The fourth-order valence-corrected chi connectivity index (χ4v) is 2.18. The van der Waals surface area contributed by atoms with Crippen molar-refractivity contribution in [2.24, 2.45) is 5.84 Å². The van der Waals surface area contributed by atoms with E-state index in [9.17, 15) is 0 Å². The van der Waals surface area contributed by atoms with Crippen LogP contribution < -0.4 is 16.2 Å². The smallest absolute Gasteiger partial charge is 0.145 e. The molecular formula is C12H23N5S. The minimum absolute atomic E-state index is 0.447. The second-order valence-electron chi connectivity index (χ2n) is 4.27. The van der Waals surface area contributed by atoms with Gasteiger partial charge in [-0.25, -0.2) is 15.8 Å². The molecule has 102 valence electrons. The molecule has 0 amide bonds. The van der Waals surface area contributed by atoms with Crippen molar-refractivity contribution in [3.8, 4) is 0 Å². The molecule has 0 saturated carbocycles. The van der Waals surface area contributed by atoms with Gasteiger partial charge in [-0.15, -0.1) is 0 Å². The van der Waals surface area contributed by atoms with Crippen molar-refractivity contribution in [1.82, 2.24) is 9.97 Å². The van der Waals surface area contributed by atoms with E-state index in [1.54, 1.807) is 0 Å². The molecule has 0 aromatic carbocycles. The second-order valence-corrected chi connectivity index (χ2v) is 5.25. The Morgan fingerprint density at radius 1 is 1.50 bits per heavy atom. The fraction of sp³-hybridized carbons (Fsp3) is 0.667. The Morgan fingerprint density at radius 3 is 2.78 bits per heavy atom. The first kappa shape index (κ1) is 15.0. The number of aryl methyl sites for hydroxylation is 1. The van der Waals surface area contributed by atoms with E-state index in [1.807, 2.05) is 24.8 Å². The quantitative estimate of drug-likeness (QED) is 0.582. The summed E-state index contributed by atoms with van der Waals surface area (Å²) in [5.41, 5.74) is 2.60. The molecule has 1 unspecified atom stereocenters. The van der Waals surface area contributed by atoms with E-state index < -0.39 is 0 Å². The van der Waals surface area contributed by atoms with Gasteiger partial charge < -0.3 is 10.3 Å². The van der Waals surface area contributed by atoms with Gasteiger partial charge in [-0.2, -0.15) is 11.8 Å². The number of anilines is 2. The van der Waals surface area contributed by atoms with Gasteiger partial charge in [-0.3, -0.25) is 0 Å². The molecule has 0 spiro atoms. The number of nitrogens with one attached hydrogen (secondary N) is 1. The van der Waals surface area contributed by atoms with Gasteiger partial charge in [0.05, 0.1) is 0 Å². The first-order chi connectivity index (χ1) is 8.62. The van der Waals surface area contributed by atoms with Crippen molar-refractivity contribution in [2.45, 2.75) is 32.7 Å². The van der Waals surface area contributed by atoms with Crippen LogP contribution in [0.2, 0.25) is 0 Å². The number of aromatic nitrogens is 2. The molecule has 0 aliphatic rings. The van der Waals surface area contributed by atoms with E-state index in [1.165, 1.54) is 0 Å². The van der Waals surface area contributed by atoms with E-state index >= 15 is 0 Å². The third-order valence-corrected chi connectivity index (χ3v) is 3.63. The van der Waals surface area contributed by atoms with Crippen molar-refractivity contribution in [3.05, 3.63) is 11.9 Å². The van der Waals surface area contributed by atoms with Gasteiger partial charge in [0.2, 0.25) is 0 Å². The molecule has 3 N–H and O–H groups in total. The largest absolute Gasteiger partial charge is 0.357 e. The number of thioether (sulfide) groups is 1. The summed E-state index contributed by atoms with van der Waals surface area (Å²) in [7, 11) is 2.06. The lowest BCUT2D eigenvalue weighted by atomic mass is 10.2. The van der Waals surface area contributed by atoms with Crippen molar-refractivity contribution < 1.29 is 0 Å². The minimum atomic E-state index is 0.447. The van der Waals surface area contributed by atoms with Gasteiger partial charge in [-0.1, -0.05) is 6.92 Å². The summed E-state index contributed by atoms with van der Waals surface area (Å²) >= 11 is 1.87. The van der Waals surface area contributed by atoms with E-state index in [0.717, 1.165) is 30.2 Å². The van der Waals surface area contributed by atoms with Crippen molar-refractivity contribution in [3.63, 3.8) is 0 Å². The lowest BCUT2D eigenvalue weighted by Gasteiger charge is -2.26. The van der Waals surface area contributed by atoms with Crippen molar-refractivity contribution in [2.75, 3.05) is 29.4 Å². The minimum Gasteiger partial charge on any atom is -0.357 e. The molecule has 5 nitrogen and oxygen atoms in total. The Hall–Kier alpha value is -1.01. The normalized spacial score (nSPS) is 12.3. The summed E-state index contributed by atoms with van der Waals surface area (Å²) < 4.78 is 0. The van der Waals surface area contributed by atoms with Crippen LogP contribution in [-0.4, -0.2) is 35.1 Å². The van der Waals surface area contributed by atoms with Gasteiger partial charge in [0, 0.05) is 25.6 Å². The van der Waals surface area contributed by atoms with E-state index in [2.05, 4.69) is 40.5 Å². The molecule has 0 saturated heterocycles. The van der Waals surface area contributed by atoms with Crippen molar-refractivity contribution >= 4 is 23.4 Å². The summed E-state index contributed by atoms with van der Waals surface area (Å²) in [6, 6.07) is 2.33. The maximum absolute atomic E-state index is 5.44. The van der Waals surface area contributed by atoms with Crippen LogP contribution in [0, 0.1) is 0 Å². The Labute approximate surface area is 114 Å². The van der Waals surface area contributed by atoms with Crippen molar-refractivity contribution in [1.29, 1.82) is 0 Å². The third-order valence-electron chi connectivity index (χ3n) is 2.99. The predicted octanol–water partition coefficient (Wildman–Crippen LogP) is 1.90. The van der Waals surface area contributed by atoms with Crippen LogP contribution in [0.1, 0.15) is 26.1 Å². The second kappa shape index (κ2) is 7.43. The standard InChI is InChI=1S/C12H23N5S/c1-5-10-14-11(16-13)8-12(15-10)17(3)9(2)6-7-18-4/h8-9H,5-7,13H2,1-4H3,(H,14,15,16). The Bertz CT molecular complexity index is 349. The molecule has 18 heavy (non-hydrogen) atoms. The number of hydrazine groups is 1. The van der Waals surface area contributed by atoms with Crippen LogP contribution in [0.15, 0.2) is 6.07 Å². The lowest BCUT2D eigenvalue weighted by molar-refractivity contribution is 0.659. The molecular weight excluding hydrogens is 246 g/mol. The highest BCUT2D eigenvalue weighted by atomic mass is 32.2. The zero-order chi connectivity index (χ0) is 13.5. The highest BCUT2D eigenvalue weighted by Gasteiger charge is 2.13. The summed E-state index contributed by atoms with van der Waals surface area (Å²) in [5, 5.41) is 0. The SMILES string of the molecule is CCc1nc(NN)cc(N(C)C(C)CCSC)n1. The molecule has 0 aliphatic heterocycles. The predicted molar refractivity (Wildman–Crippen MR) is 80.1 cm³/mol. The molecule has 0 aliphatic carbocycles. The average Bonchev–Trinajstić information content (AvgIpc) is 2.43. The summed E-state index contributed by atoms with van der Waals surface area (Å²) in [6.45, 7) is 4.25. The monoisotopic (exact) mass is 269 g/mol. The first-order valence-electron chi connectivity index (χ1n) is 6.18. The maximum atomic E-state index is 5.44. The molecule has 1 heterocycles. The van der Waals surface area contributed by atoms with E-state index in [-0.39, 0.29) is 0 Å². The number of nitrogens with two attached hydrogens (primary N) is 1. The van der Waals surface area contributed by atoms with Gasteiger partial charge in [0.1, 0.15) is 17.5 Å². The Morgan fingerprint density at radius 2 is 2.22 bits per heavy atom. The number of rotatable bonds is 7. The van der Waals surface area contributed by atoms with Crippen LogP contribution in [0.25, 0.3) is 0 Å². The van der Waals surface area contributed by atoms with Crippen LogP contribution in [-0.2, 0) is 6.42 Å². The molecule has 0 fully saturated rings. The number of hydrogen-bond donors (Lipinski definition) is 2. The molecule has 0 bridgehead atoms. The molecule has 0 radical (unpaired) electrons. The van der Waals surface area contributed by atoms with Crippen LogP contribution in [0.3, 0.4) is 0 Å². The molecule has 1 atom stereocenters. The summed E-state index contributed by atoms with van der Waals surface area (Å²) in [6.07, 6.45) is 4.06.